The van der Waals surface area contributed by atoms with Gasteiger partial charge in [-0.3, -0.25) is 0 Å². The van der Waals surface area contributed by atoms with Gasteiger partial charge in [-0.25, -0.2) is 0 Å². The summed E-state index contributed by atoms with van der Waals surface area (Å²) in [6, 6.07) is 8.04. The fourth-order valence-electron chi connectivity index (χ4n) is 2.10. The zero-order chi connectivity index (χ0) is 13.5. The molecule has 1 saturated heterocycles. The van der Waals surface area contributed by atoms with Crippen molar-refractivity contribution in [3.8, 4) is 5.75 Å². The molecule has 1 unspecified atom stereocenters. The molecule has 106 valence electrons. The molecular weight excluding hydrogens is 242 g/mol. The first-order chi connectivity index (χ1) is 9.35. The van der Waals surface area contributed by atoms with E-state index in [1.165, 1.54) is 0 Å². The van der Waals surface area contributed by atoms with Crippen molar-refractivity contribution in [1.82, 2.24) is 5.32 Å². The Bertz CT molecular complexity index is 379. The number of ether oxygens (including phenoxy) is 3. The summed E-state index contributed by atoms with van der Waals surface area (Å²) in [5, 5.41) is 3.42. The van der Waals surface area contributed by atoms with Crippen LogP contribution < -0.4 is 10.1 Å². The molecule has 1 aromatic rings. The summed E-state index contributed by atoms with van der Waals surface area (Å²) in [6.07, 6.45) is 1.33. The molecule has 0 aromatic heterocycles. The minimum Gasteiger partial charge on any atom is -0.496 e. The van der Waals surface area contributed by atoms with E-state index in [2.05, 4.69) is 18.3 Å². The highest BCUT2D eigenvalue weighted by Gasteiger charge is 2.25. The number of hydrogen-bond acceptors (Lipinski definition) is 4. The van der Waals surface area contributed by atoms with Gasteiger partial charge in [0.05, 0.1) is 26.4 Å². The molecule has 1 aliphatic heterocycles. The fourth-order valence-corrected chi connectivity index (χ4v) is 2.10. The smallest absolute Gasteiger partial charge is 0.124 e. The molecule has 1 aromatic carbocycles. The summed E-state index contributed by atoms with van der Waals surface area (Å²) >= 11 is 0. The number of para-hydroxylation sites is 1. The second-order valence-electron chi connectivity index (χ2n) is 4.73. The lowest BCUT2D eigenvalue weighted by atomic mass is 10.1. The third kappa shape index (κ3) is 3.93. The molecule has 0 aliphatic carbocycles. The zero-order valence-corrected chi connectivity index (χ0v) is 11.7. The topological polar surface area (TPSA) is 39.7 Å². The number of nitrogens with one attached hydrogen (secondary N) is 1. The van der Waals surface area contributed by atoms with Crippen molar-refractivity contribution in [3.05, 3.63) is 29.8 Å². The minimum absolute atomic E-state index is 0.0107. The number of benzene rings is 1. The number of rotatable bonds is 8. The molecule has 0 amide bonds. The molecule has 0 spiro atoms. The van der Waals surface area contributed by atoms with E-state index in [-0.39, 0.29) is 12.2 Å². The molecule has 19 heavy (non-hydrogen) atoms. The van der Waals surface area contributed by atoms with Crippen LogP contribution in [0.25, 0.3) is 0 Å². The van der Waals surface area contributed by atoms with Crippen LogP contribution in [0.2, 0.25) is 0 Å². The Balaban J connectivity index is 2.05. The van der Waals surface area contributed by atoms with E-state index in [1.54, 1.807) is 7.11 Å². The van der Waals surface area contributed by atoms with E-state index >= 15 is 0 Å². The average Bonchev–Trinajstić information content (AvgIpc) is 2.40. The molecule has 0 bridgehead atoms. The van der Waals surface area contributed by atoms with Gasteiger partial charge in [0.2, 0.25) is 0 Å². The van der Waals surface area contributed by atoms with Gasteiger partial charge >= 0.3 is 0 Å². The van der Waals surface area contributed by atoms with E-state index in [9.17, 15) is 0 Å². The van der Waals surface area contributed by atoms with E-state index < -0.39 is 0 Å². The predicted octanol–water partition coefficient (Wildman–Crippen LogP) is 2.15. The molecule has 1 fully saturated rings. The monoisotopic (exact) mass is 265 g/mol. The Hall–Kier alpha value is -1.10. The van der Waals surface area contributed by atoms with Crippen molar-refractivity contribution in [2.24, 2.45) is 0 Å². The molecule has 4 nitrogen and oxygen atoms in total. The Labute approximate surface area is 115 Å². The second-order valence-corrected chi connectivity index (χ2v) is 4.73. The normalized spacial score (nSPS) is 16.9. The lowest BCUT2D eigenvalue weighted by Gasteiger charge is -2.31. The molecule has 1 atom stereocenters. The number of methoxy groups -OCH3 is 1. The van der Waals surface area contributed by atoms with E-state index in [4.69, 9.17) is 14.2 Å². The SMILES string of the molecule is CCCNCC(OC1COC1)c1ccccc1OC. The molecule has 0 radical (unpaired) electrons. The summed E-state index contributed by atoms with van der Waals surface area (Å²) in [7, 11) is 1.70. The highest BCUT2D eigenvalue weighted by Crippen LogP contribution is 2.29. The van der Waals surface area contributed by atoms with E-state index in [0.29, 0.717) is 13.2 Å². The summed E-state index contributed by atoms with van der Waals surface area (Å²) in [5.41, 5.74) is 1.10. The van der Waals surface area contributed by atoms with E-state index in [1.807, 2.05) is 18.2 Å². The van der Waals surface area contributed by atoms with Gasteiger partial charge in [-0.15, -0.1) is 0 Å². The van der Waals surface area contributed by atoms with Crippen LogP contribution in [-0.2, 0) is 9.47 Å². The van der Waals surface area contributed by atoms with Crippen LogP contribution in [0.15, 0.2) is 24.3 Å². The molecule has 0 saturated carbocycles. The lowest BCUT2D eigenvalue weighted by molar-refractivity contribution is -0.155. The van der Waals surface area contributed by atoms with Gasteiger partial charge < -0.3 is 19.5 Å². The third-order valence-electron chi connectivity index (χ3n) is 3.21. The number of hydrogen-bond donors (Lipinski definition) is 1. The van der Waals surface area contributed by atoms with Gasteiger partial charge in [0.25, 0.3) is 0 Å². The maximum absolute atomic E-state index is 6.09. The van der Waals surface area contributed by atoms with Crippen molar-refractivity contribution in [2.75, 3.05) is 33.4 Å². The largest absolute Gasteiger partial charge is 0.496 e. The third-order valence-corrected chi connectivity index (χ3v) is 3.21. The zero-order valence-electron chi connectivity index (χ0n) is 11.7. The molecule has 2 rings (SSSR count). The van der Waals surface area contributed by atoms with Crippen LogP contribution in [0.1, 0.15) is 25.0 Å². The van der Waals surface area contributed by atoms with Gasteiger partial charge in [-0.1, -0.05) is 25.1 Å². The Morgan fingerprint density at radius 2 is 2.16 bits per heavy atom. The van der Waals surface area contributed by atoms with Gasteiger partial charge in [0.1, 0.15) is 11.9 Å². The summed E-state index contributed by atoms with van der Waals surface area (Å²) in [5.74, 6) is 0.881. The maximum Gasteiger partial charge on any atom is 0.124 e. The Kier molecular flexibility index (Phi) is 5.63. The average molecular weight is 265 g/mol. The maximum atomic E-state index is 6.09. The summed E-state index contributed by atoms with van der Waals surface area (Å²) in [4.78, 5) is 0. The van der Waals surface area contributed by atoms with Crippen LogP contribution in [-0.4, -0.2) is 39.5 Å². The highest BCUT2D eigenvalue weighted by molar-refractivity contribution is 5.35. The first kappa shape index (κ1) is 14.3. The van der Waals surface area contributed by atoms with Crippen LogP contribution in [0.3, 0.4) is 0 Å². The van der Waals surface area contributed by atoms with Gasteiger partial charge in [-0.2, -0.15) is 0 Å². The van der Waals surface area contributed by atoms with Crippen LogP contribution in [0.5, 0.6) is 5.75 Å². The lowest BCUT2D eigenvalue weighted by Crippen LogP contribution is -2.39. The van der Waals surface area contributed by atoms with Gasteiger partial charge in [-0.05, 0) is 19.0 Å². The Morgan fingerprint density at radius 3 is 2.79 bits per heavy atom. The Morgan fingerprint density at radius 1 is 1.37 bits per heavy atom. The first-order valence-electron chi connectivity index (χ1n) is 6.92. The highest BCUT2D eigenvalue weighted by atomic mass is 16.6. The van der Waals surface area contributed by atoms with E-state index in [0.717, 1.165) is 30.8 Å². The molecule has 1 N–H and O–H groups in total. The van der Waals surface area contributed by atoms with Crippen molar-refractivity contribution in [2.45, 2.75) is 25.6 Å². The molecule has 1 aliphatic rings. The molecular formula is C15H23NO3. The molecule has 4 heteroatoms. The van der Waals surface area contributed by atoms with Crippen LogP contribution in [0, 0.1) is 0 Å². The van der Waals surface area contributed by atoms with Crippen molar-refractivity contribution in [1.29, 1.82) is 0 Å². The van der Waals surface area contributed by atoms with Crippen LogP contribution >= 0.6 is 0 Å². The fraction of sp³-hybridized carbons (Fsp3) is 0.600. The van der Waals surface area contributed by atoms with Gasteiger partial charge in [0.15, 0.2) is 0 Å². The first-order valence-corrected chi connectivity index (χ1v) is 6.92. The molecule has 1 heterocycles. The minimum atomic E-state index is 0.0107. The summed E-state index contributed by atoms with van der Waals surface area (Å²) < 4.78 is 16.7. The summed E-state index contributed by atoms with van der Waals surface area (Å²) in [6.45, 7) is 5.34. The van der Waals surface area contributed by atoms with Crippen molar-refractivity contribution >= 4 is 0 Å². The quantitative estimate of drug-likeness (QED) is 0.731. The van der Waals surface area contributed by atoms with Crippen molar-refractivity contribution in [3.63, 3.8) is 0 Å². The second kappa shape index (κ2) is 7.48. The van der Waals surface area contributed by atoms with Crippen LogP contribution in [0.4, 0.5) is 0 Å². The van der Waals surface area contributed by atoms with Gasteiger partial charge in [0, 0.05) is 12.1 Å². The van der Waals surface area contributed by atoms with Crippen molar-refractivity contribution < 1.29 is 14.2 Å². The predicted molar refractivity (Wildman–Crippen MR) is 74.6 cm³/mol. The standard InChI is InChI=1S/C15H23NO3/c1-3-8-16-9-15(19-12-10-18-11-12)13-6-4-5-7-14(13)17-2/h4-7,12,15-16H,3,8-11H2,1-2H3.